The number of benzene rings is 4. The molecule has 4 aromatic rings. The van der Waals surface area contributed by atoms with Gasteiger partial charge in [0.2, 0.25) is 11.8 Å². The van der Waals surface area contributed by atoms with E-state index in [4.69, 9.17) is 23.2 Å². The van der Waals surface area contributed by atoms with E-state index in [1.807, 2.05) is 61.5 Å². The third kappa shape index (κ3) is 7.31. The molecular weight excluding hydrogens is 593 g/mol. The summed E-state index contributed by atoms with van der Waals surface area (Å²) in [6, 6.07) is 28.4. The summed E-state index contributed by atoms with van der Waals surface area (Å²) >= 11 is 12.8. The molecule has 0 unspecified atom stereocenters. The van der Waals surface area contributed by atoms with Gasteiger partial charge in [0.1, 0.15) is 12.6 Å². The van der Waals surface area contributed by atoms with Gasteiger partial charge in [-0.3, -0.25) is 13.9 Å². The predicted octanol–water partition coefficient (Wildman–Crippen LogP) is 5.88. The molecule has 0 saturated heterocycles. The molecule has 0 bridgehead atoms. The van der Waals surface area contributed by atoms with Crippen molar-refractivity contribution in [3.8, 4) is 0 Å². The Kier molecular flexibility index (Phi) is 10.3. The maximum absolute atomic E-state index is 14.3. The summed E-state index contributed by atoms with van der Waals surface area (Å²) in [7, 11) is -2.76. The second-order valence-electron chi connectivity index (χ2n) is 9.72. The lowest BCUT2D eigenvalue weighted by Gasteiger charge is -2.33. The van der Waals surface area contributed by atoms with Crippen molar-refractivity contribution < 1.29 is 18.0 Å². The van der Waals surface area contributed by atoms with Crippen LogP contribution in [0, 0.1) is 6.92 Å². The first kappa shape index (κ1) is 31.1. The van der Waals surface area contributed by atoms with E-state index in [-0.39, 0.29) is 39.5 Å². The maximum Gasteiger partial charge on any atom is 0.264 e. The van der Waals surface area contributed by atoms with Crippen LogP contribution in [0.25, 0.3) is 0 Å². The van der Waals surface area contributed by atoms with Crippen LogP contribution in [-0.4, -0.2) is 44.8 Å². The second kappa shape index (κ2) is 13.9. The minimum Gasteiger partial charge on any atom is -0.357 e. The Morgan fingerprint density at radius 1 is 0.810 bits per heavy atom. The number of halogens is 2. The van der Waals surface area contributed by atoms with Crippen LogP contribution < -0.4 is 9.62 Å². The molecule has 0 saturated carbocycles. The number of sulfonamides is 1. The standard InChI is InChI=1S/C32H31Cl2N3O4S/c1-23-16-18-25(19-17-23)21-36(29(32(39)35-2)20-24-10-5-3-6-11-24)30(38)22-37(28-15-9-14-27(33)31(28)34)42(40,41)26-12-7-4-8-13-26/h3-19,29H,20-22H2,1-2H3,(H,35,39)/t29-/m1/s1. The van der Waals surface area contributed by atoms with Crippen LogP contribution in [0.5, 0.6) is 0 Å². The lowest BCUT2D eigenvalue weighted by atomic mass is 10.0. The van der Waals surface area contributed by atoms with Gasteiger partial charge in [0.25, 0.3) is 10.0 Å². The molecule has 0 fully saturated rings. The number of nitrogens with one attached hydrogen (secondary N) is 1. The highest BCUT2D eigenvalue weighted by Crippen LogP contribution is 2.35. The van der Waals surface area contributed by atoms with Gasteiger partial charge < -0.3 is 10.2 Å². The first-order chi connectivity index (χ1) is 20.1. The summed E-state index contributed by atoms with van der Waals surface area (Å²) in [5, 5.41) is 2.80. The fourth-order valence-electron chi connectivity index (χ4n) is 4.53. The normalized spacial score (nSPS) is 11.9. The quantitative estimate of drug-likeness (QED) is 0.226. The third-order valence-electron chi connectivity index (χ3n) is 6.80. The van der Waals surface area contributed by atoms with Crippen LogP contribution in [-0.2, 0) is 32.6 Å². The highest BCUT2D eigenvalue weighted by molar-refractivity contribution is 7.92. The smallest absolute Gasteiger partial charge is 0.264 e. The van der Waals surface area contributed by atoms with Gasteiger partial charge in [0.05, 0.1) is 20.6 Å². The van der Waals surface area contributed by atoms with Crippen LogP contribution >= 0.6 is 23.2 Å². The summed E-state index contributed by atoms with van der Waals surface area (Å²) < 4.78 is 28.9. The first-order valence-corrected chi connectivity index (χ1v) is 15.4. The average Bonchev–Trinajstić information content (AvgIpc) is 3.00. The van der Waals surface area contributed by atoms with Crippen molar-refractivity contribution in [1.82, 2.24) is 10.2 Å². The zero-order chi connectivity index (χ0) is 30.3. The molecule has 0 heterocycles. The molecule has 0 radical (unpaired) electrons. The van der Waals surface area contributed by atoms with Crippen molar-refractivity contribution in [2.45, 2.75) is 30.8 Å². The summed E-state index contributed by atoms with van der Waals surface area (Å²) in [4.78, 5) is 29.0. The molecule has 218 valence electrons. The van der Waals surface area contributed by atoms with Crippen molar-refractivity contribution in [3.63, 3.8) is 0 Å². The lowest BCUT2D eigenvalue weighted by molar-refractivity contribution is -0.139. The number of carbonyl (C=O) groups excluding carboxylic acids is 2. The van der Waals surface area contributed by atoms with Gasteiger partial charge in [-0.05, 0) is 42.3 Å². The number of likely N-dealkylation sites (N-methyl/N-ethyl adjacent to an activating group) is 1. The van der Waals surface area contributed by atoms with Crippen molar-refractivity contribution in [1.29, 1.82) is 0 Å². The zero-order valence-corrected chi connectivity index (χ0v) is 25.5. The second-order valence-corrected chi connectivity index (χ2v) is 12.4. The molecule has 7 nitrogen and oxygen atoms in total. The van der Waals surface area contributed by atoms with E-state index in [9.17, 15) is 18.0 Å². The predicted molar refractivity (Wildman–Crippen MR) is 167 cm³/mol. The maximum atomic E-state index is 14.3. The minimum atomic E-state index is -4.27. The molecule has 1 atom stereocenters. The van der Waals surface area contributed by atoms with Crippen molar-refractivity contribution >= 4 is 50.7 Å². The number of hydrogen-bond donors (Lipinski definition) is 1. The molecule has 2 amide bonds. The summed E-state index contributed by atoms with van der Waals surface area (Å²) in [6.07, 6.45) is 0.224. The fourth-order valence-corrected chi connectivity index (χ4v) is 6.42. The summed E-state index contributed by atoms with van der Waals surface area (Å²) in [5.74, 6) is -0.965. The number of amides is 2. The average molecular weight is 625 g/mol. The van der Waals surface area contributed by atoms with Gasteiger partial charge in [0, 0.05) is 20.0 Å². The Morgan fingerprint density at radius 3 is 2.05 bits per heavy atom. The van der Waals surface area contributed by atoms with Crippen molar-refractivity contribution in [2.75, 3.05) is 17.9 Å². The number of hydrogen-bond acceptors (Lipinski definition) is 4. The summed E-state index contributed by atoms with van der Waals surface area (Å²) in [6.45, 7) is 1.41. The van der Waals surface area contributed by atoms with Gasteiger partial charge in [-0.2, -0.15) is 0 Å². The first-order valence-electron chi connectivity index (χ1n) is 13.2. The Labute approximate surface area is 256 Å². The third-order valence-corrected chi connectivity index (χ3v) is 9.38. The summed E-state index contributed by atoms with van der Waals surface area (Å²) in [5.41, 5.74) is 2.73. The highest BCUT2D eigenvalue weighted by Gasteiger charge is 2.35. The Bertz CT molecular complexity index is 1630. The number of nitrogens with zero attached hydrogens (tertiary/aromatic N) is 2. The van der Waals surface area contributed by atoms with Gasteiger partial charge in [0.15, 0.2) is 0 Å². The van der Waals surface area contributed by atoms with E-state index in [0.29, 0.717) is 0 Å². The molecule has 4 aromatic carbocycles. The van der Waals surface area contributed by atoms with Gasteiger partial charge in [-0.15, -0.1) is 0 Å². The monoisotopic (exact) mass is 623 g/mol. The molecule has 0 spiro atoms. The molecule has 0 aliphatic carbocycles. The molecule has 4 rings (SSSR count). The molecule has 42 heavy (non-hydrogen) atoms. The Balaban J connectivity index is 1.81. The van der Waals surface area contributed by atoms with Crippen LogP contribution in [0.2, 0.25) is 10.0 Å². The van der Waals surface area contributed by atoms with Gasteiger partial charge >= 0.3 is 0 Å². The van der Waals surface area contributed by atoms with Crippen molar-refractivity contribution in [3.05, 3.63) is 130 Å². The van der Waals surface area contributed by atoms with Gasteiger partial charge in [-0.1, -0.05) is 108 Å². The van der Waals surface area contributed by atoms with Crippen LogP contribution in [0.3, 0.4) is 0 Å². The molecule has 0 aromatic heterocycles. The largest absolute Gasteiger partial charge is 0.357 e. The molecular formula is C32H31Cl2N3O4S. The van der Waals surface area contributed by atoms with E-state index in [1.165, 1.54) is 36.2 Å². The minimum absolute atomic E-state index is 0.0105. The lowest BCUT2D eigenvalue weighted by Crippen LogP contribution is -2.53. The van der Waals surface area contributed by atoms with E-state index in [1.54, 1.807) is 24.3 Å². The molecule has 10 heteroatoms. The van der Waals surface area contributed by atoms with Crippen LogP contribution in [0.4, 0.5) is 5.69 Å². The number of carbonyl (C=O) groups is 2. The number of anilines is 1. The Morgan fingerprint density at radius 2 is 1.43 bits per heavy atom. The topological polar surface area (TPSA) is 86.8 Å². The van der Waals surface area contributed by atoms with Crippen LogP contribution in [0.1, 0.15) is 16.7 Å². The SMILES string of the molecule is CNC(=O)[C@@H](Cc1ccccc1)N(Cc1ccc(C)cc1)C(=O)CN(c1cccc(Cl)c1Cl)S(=O)(=O)c1ccccc1. The zero-order valence-electron chi connectivity index (χ0n) is 23.2. The molecule has 0 aliphatic heterocycles. The Hall–Kier alpha value is -3.85. The van der Waals surface area contributed by atoms with E-state index in [0.717, 1.165) is 21.0 Å². The molecule has 0 aliphatic rings. The van der Waals surface area contributed by atoms with E-state index < -0.39 is 28.5 Å². The number of aryl methyl sites for hydroxylation is 1. The van der Waals surface area contributed by atoms with Crippen molar-refractivity contribution in [2.24, 2.45) is 0 Å². The molecule has 1 N–H and O–H groups in total. The van der Waals surface area contributed by atoms with E-state index >= 15 is 0 Å². The highest BCUT2D eigenvalue weighted by atomic mass is 35.5. The van der Waals surface area contributed by atoms with Crippen LogP contribution in [0.15, 0.2) is 108 Å². The fraction of sp³-hybridized carbons (Fsp3) is 0.188. The number of rotatable bonds is 11. The van der Waals surface area contributed by atoms with E-state index in [2.05, 4.69) is 5.32 Å². The van der Waals surface area contributed by atoms with Gasteiger partial charge in [-0.25, -0.2) is 8.42 Å².